The Kier molecular flexibility index (Phi) is 6.74. The maximum atomic E-state index is 12.6. The number of piperazine rings is 1. The van der Waals surface area contributed by atoms with Crippen LogP contribution in [0.4, 0.5) is 10.5 Å². The smallest absolute Gasteiger partial charge is 0.321 e. The van der Waals surface area contributed by atoms with Crippen molar-refractivity contribution in [2.24, 2.45) is 0 Å². The van der Waals surface area contributed by atoms with Gasteiger partial charge in [-0.15, -0.1) is 0 Å². The number of benzene rings is 2. The van der Waals surface area contributed by atoms with Crippen molar-refractivity contribution in [3.05, 3.63) is 65.7 Å². The predicted molar refractivity (Wildman–Crippen MR) is 117 cm³/mol. The first-order valence-electron chi connectivity index (χ1n) is 10.3. The van der Waals surface area contributed by atoms with E-state index in [0.29, 0.717) is 0 Å². The Bertz CT molecular complexity index is 742. The minimum Gasteiger partial charge on any atom is -0.322 e. The molecule has 1 aliphatic rings. The number of nitrogens with zero attached hydrogens (tertiary/aromatic N) is 2. The van der Waals surface area contributed by atoms with Gasteiger partial charge in [-0.3, -0.25) is 4.90 Å². The van der Waals surface area contributed by atoms with Gasteiger partial charge in [0.2, 0.25) is 0 Å². The summed E-state index contributed by atoms with van der Waals surface area (Å²) in [5, 5.41) is 3.04. The minimum atomic E-state index is 0.00689. The molecule has 0 atom stereocenters. The van der Waals surface area contributed by atoms with E-state index in [1.807, 2.05) is 17.0 Å². The molecule has 150 valence electrons. The van der Waals surface area contributed by atoms with Gasteiger partial charge in [0.15, 0.2) is 0 Å². The highest BCUT2D eigenvalue weighted by molar-refractivity contribution is 5.89. The summed E-state index contributed by atoms with van der Waals surface area (Å²) in [5.74, 6) is 0. The predicted octanol–water partition coefficient (Wildman–Crippen LogP) is 4.77. The number of anilines is 1. The molecule has 1 fully saturated rings. The molecule has 28 heavy (non-hydrogen) atoms. The summed E-state index contributed by atoms with van der Waals surface area (Å²) < 4.78 is 0. The second-order valence-electron chi connectivity index (χ2n) is 8.68. The van der Waals surface area contributed by atoms with Gasteiger partial charge in [0, 0.05) is 31.9 Å². The lowest BCUT2D eigenvalue weighted by atomic mass is 9.87. The van der Waals surface area contributed by atoms with Crippen LogP contribution in [0.5, 0.6) is 0 Å². The summed E-state index contributed by atoms with van der Waals surface area (Å²) in [6.07, 6.45) is 2.28. The monoisotopic (exact) mass is 379 g/mol. The molecule has 2 amide bonds. The molecule has 0 radical (unpaired) electrons. The molecular formula is C24H33N3O. The van der Waals surface area contributed by atoms with Crippen LogP contribution in [0.2, 0.25) is 0 Å². The summed E-state index contributed by atoms with van der Waals surface area (Å²) in [5.41, 5.74) is 3.66. The van der Waals surface area contributed by atoms with E-state index in [9.17, 15) is 4.79 Å². The molecule has 1 aliphatic heterocycles. The number of carbonyl (C=O) groups is 1. The van der Waals surface area contributed by atoms with E-state index >= 15 is 0 Å². The Balaban J connectivity index is 1.40. The first-order chi connectivity index (χ1) is 13.4. The normalized spacial score (nSPS) is 15.5. The van der Waals surface area contributed by atoms with Crippen molar-refractivity contribution < 1.29 is 4.79 Å². The van der Waals surface area contributed by atoms with Crippen LogP contribution in [0, 0.1) is 0 Å². The average molecular weight is 380 g/mol. The zero-order chi connectivity index (χ0) is 20.0. The van der Waals surface area contributed by atoms with Crippen LogP contribution in [0.3, 0.4) is 0 Å². The molecule has 2 aromatic rings. The number of rotatable bonds is 5. The van der Waals surface area contributed by atoms with E-state index in [4.69, 9.17) is 0 Å². The maximum Gasteiger partial charge on any atom is 0.321 e. The third kappa shape index (κ3) is 5.83. The quantitative estimate of drug-likeness (QED) is 0.812. The van der Waals surface area contributed by atoms with E-state index in [1.165, 1.54) is 11.1 Å². The highest BCUT2D eigenvalue weighted by atomic mass is 16.2. The first kappa shape index (κ1) is 20.4. The SMILES string of the molecule is CC(C)(C)c1ccc(NC(=O)N2CCN(CCCc3ccccc3)CC2)cc1. The fraction of sp³-hybridized carbons (Fsp3) is 0.458. The van der Waals surface area contributed by atoms with Crippen molar-refractivity contribution in [3.63, 3.8) is 0 Å². The molecular weight excluding hydrogens is 346 g/mol. The highest BCUT2D eigenvalue weighted by Crippen LogP contribution is 2.23. The fourth-order valence-electron chi connectivity index (χ4n) is 3.58. The highest BCUT2D eigenvalue weighted by Gasteiger charge is 2.21. The van der Waals surface area contributed by atoms with Crippen LogP contribution in [0.15, 0.2) is 54.6 Å². The zero-order valence-corrected chi connectivity index (χ0v) is 17.4. The fourth-order valence-corrected chi connectivity index (χ4v) is 3.58. The van der Waals surface area contributed by atoms with Crippen molar-refractivity contribution >= 4 is 11.7 Å². The van der Waals surface area contributed by atoms with E-state index in [2.05, 4.69) is 73.5 Å². The summed E-state index contributed by atoms with van der Waals surface area (Å²) in [7, 11) is 0. The van der Waals surface area contributed by atoms with E-state index in [0.717, 1.165) is 51.3 Å². The van der Waals surface area contributed by atoms with Crippen LogP contribution >= 0.6 is 0 Å². The molecule has 4 nitrogen and oxygen atoms in total. The zero-order valence-electron chi connectivity index (χ0n) is 17.4. The molecule has 0 spiro atoms. The first-order valence-corrected chi connectivity index (χ1v) is 10.3. The number of nitrogens with one attached hydrogen (secondary N) is 1. The second-order valence-corrected chi connectivity index (χ2v) is 8.68. The lowest BCUT2D eigenvalue weighted by Gasteiger charge is -2.34. The largest absolute Gasteiger partial charge is 0.322 e. The number of aryl methyl sites for hydroxylation is 1. The van der Waals surface area contributed by atoms with Gasteiger partial charge in [-0.25, -0.2) is 4.79 Å². The van der Waals surface area contributed by atoms with Gasteiger partial charge in [-0.2, -0.15) is 0 Å². The van der Waals surface area contributed by atoms with Crippen LogP contribution < -0.4 is 5.32 Å². The van der Waals surface area contributed by atoms with E-state index in [1.54, 1.807) is 0 Å². The summed E-state index contributed by atoms with van der Waals surface area (Å²) in [6.45, 7) is 11.2. The van der Waals surface area contributed by atoms with E-state index in [-0.39, 0.29) is 11.4 Å². The third-order valence-electron chi connectivity index (χ3n) is 5.44. The summed E-state index contributed by atoms with van der Waals surface area (Å²) in [6, 6.07) is 18.8. The van der Waals surface area contributed by atoms with Crippen LogP contribution in [-0.4, -0.2) is 48.6 Å². The molecule has 0 unspecified atom stereocenters. The Labute approximate surface area is 169 Å². The topological polar surface area (TPSA) is 35.6 Å². The molecule has 2 aromatic carbocycles. The Morgan fingerprint density at radius 3 is 2.18 bits per heavy atom. The summed E-state index contributed by atoms with van der Waals surface area (Å²) in [4.78, 5) is 16.9. The van der Waals surface area contributed by atoms with Gasteiger partial charge in [0.1, 0.15) is 0 Å². The molecule has 0 aliphatic carbocycles. The van der Waals surface area contributed by atoms with Crippen LogP contribution in [0.25, 0.3) is 0 Å². The third-order valence-corrected chi connectivity index (χ3v) is 5.44. The van der Waals surface area contributed by atoms with Crippen LogP contribution in [0.1, 0.15) is 38.3 Å². The van der Waals surface area contributed by atoms with Gasteiger partial charge in [0.05, 0.1) is 0 Å². The average Bonchev–Trinajstić information content (AvgIpc) is 2.69. The second kappa shape index (κ2) is 9.24. The molecule has 0 saturated carbocycles. The Morgan fingerprint density at radius 1 is 0.929 bits per heavy atom. The molecule has 3 rings (SSSR count). The van der Waals surface area contributed by atoms with Gasteiger partial charge >= 0.3 is 6.03 Å². The number of carbonyl (C=O) groups excluding carboxylic acids is 1. The molecule has 4 heteroatoms. The summed E-state index contributed by atoms with van der Waals surface area (Å²) >= 11 is 0. The molecule has 0 bridgehead atoms. The van der Waals surface area contributed by atoms with Crippen molar-refractivity contribution in [2.45, 2.75) is 39.0 Å². The van der Waals surface area contributed by atoms with Crippen molar-refractivity contribution in [3.8, 4) is 0 Å². The Morgan fingerprint density at radius 2 is 1.57 bits per heavy atom. The van der Waals surface area contributed by atoms with Gasteiger partial charge < -0.3 is 10.2 Å². The van der Waals surface area contributed by atoms with E-state index < -0.39 is 0 Å². The molecule has 0 aromatic heterocycles. The molecule has 1 heterocycles. The number of amides is 2. The number of hydrogen-bond donors (Lipinski definition) is 1. The Hall–Kier alpha value is -2.33. The van der Waals surface area contributed by atoms with Gasteiger partial charge in [0.25, 0.3) is 0 Å². The van der Waals surface area contributed by atoms with Crippen LogP contribution in [-0.2, 0) is 11.8 Å². The molecule has 1 N–H and O–H groups in total. The van der Waals surface area contributed by atoms with Gasteiger partial charge in [-0.05, 0) is 48.1 Å². The van der Waals surface area contributed by atoms with Crippen molar-refractivity contribution in [1.29, 1.82) is 0 Å². The number of hydrogen-bond acceptors (Lipinski definition) is 2. The van der Waals surface area contributed by atoms with Gasteiger partial charge in [-0.1, -0.05) is 63.2 Å². The minimum absolute atomic E-state index is 0.00689. The maximum absolute atomic E-state index is 12.6. The lowest BCUT2D eigenvalue weighted by molar-refractivity contribution is 0.146. The lowest BCUT2D eigenvalue weighted by Crippen LogP contribution is -2.50. The standard InChI is InChI=1S/C24H33N3O/c1-24(2,3)21-11-13-22(14-12-21)25-23(28)27-18-16-26(17-19-27)15-7-10-20-8-5-4-6-9-20/h4-6,8-9,11-14H,7,10,15-19H2,1-3H3,(H,25,28). The van der Waals surface area contributed by atoms with Crippen molar-refractivity contribution in [1.82, 2.24) is 9.80 Å². The molecule has 1 saturated heterocycles. The van der Waals surface area contributed by atoms with Crippen molar-refractivity contribution in [2.75, 3.05) is 38.0 Å². The number of urea groups is 1.